The molecule has 0 N–H and O–H groups in total. The van der Waals surface area contributed by atoms with Crippen molar-refractivity contribution in [2.45, 2.75) is 33.1 Å². The summed E-state index contributed by atoms with van der Waals surface area (Å²) in [7, 11) is 0. The highest BCUT2D eigenvalue weighted by atomic mass is 14.0. The molecule has 0 bridgehead atoms. The van der Waals surface area contributed by atoms with E-state index in [4.69, 9.17) is 0 Å². The van der Waals surface area contributed by atoms with Crippen LogP contribution in [0, 0.1) is 0 Å². The zero-order chi connectivity index (χ0) is 8.10. The van der Waals surface area contributed by atoms with E-state index in [1.54, 1.807) is 0 Å². The fourth-order valence-corrected chi connectivity index (χ4v) is 1.29. The van der Waals surface area contributed by atoms with Gasteiger partial charge in [-0.15, -0.1) is 0 Å². The van der Waals surface area contributed by atoms with Crippen LogP contribution in [0.4, 0.5) is 0 Å². The zero-order valence-electron chi connectivity index (χ0n) is 7.43. The van der Waals surface area contributed by atoms with E-state index in [0.29, 0.717) is 0 Å². The summed E-state index contributed by atoms with van der Waals surface area (Å²) >= 11 is 0. The third-order valence-corrected chi connectivity index (χ3v) is 2.02. The first-order chi connectivity index (χ1) is 5.36. The molecule has 0 saturated carbocycles. The van der Waals surface area contributed by atoms with Gasteiger partial charge in [0.2, 0.25) is 0 Å². The molecule has 60 valence electrons. The van der Waals surface area contributed by atoms with Crippen LogP contribution in [0.5, 0.6) is 0 Å². The van der Waals surface area contributed by atoms with E-state index >= 15 is 0 Å². The Bertz CT molecular complexity index is 204. The largest absolute Gasteiger partial charge is 0.0841 e. The minimum absolute atomic E-state index is 1.13. The summed E-state index contributed by atoms with van der Waals surface area (Å²) in [4.78, 5) is 0. The van der Waals surface area contributed by atoms with Crippen LogP contribution in [0.15, 0.2) is 35.5 Å². The lowest BCUT2D eigenvalue weighted by atomic mass is 9.99. The van der Waals surface area contributed by atoms with Crippen LogP contribution >= 0.6 is 0 Å². The van der Waals surface area contributed by atoms with Gasteiger partial charge in [-0.2, -0.15) is 0 Å². The van der Waals surface area contributed by atoms with Crippen molar-refractivity contribution in [3.8, 4) is 0 Å². The molecule has 11 heavy (non-hydrogen) atoms. The molecule has 0 saturated heterocycles. The molecule has 0 unspecified atom stereocenters. The molecule has 0 heteroatoms. The topological polar surface area (TPSA) is 0 Å². The van der Waals surface area contributed by atoms with E-state index in [2.05, 4.69) is 38.2 Å². The lowest BCUT2D eigenvalue weighted by Crippen LogP contribution is -1.87. The first-order valence-corrected chi connectivity index (χ1v) is 4.39. The molecule has 0 atom stereocenters. The summed E-state index contributed by atoms with van der Waals surface area (Å²) < 4.78 is 0. The van der Waals surface area contributed by atoms with Crippen molar-refractivity contribution >= 4 is 0 Å². The molecule has 0 fully saturated rings. The van der Waals surface area contributed by atoms with Gasteiger partial charge >= 0.3 is 0 Å². The predicted molar refractivity (Wildman–Crippen MR) is 50.5 cm³/mol. The lowest BCUT2D eigenvalue weighted by Gasteiger charge is -2.07. The molecule has 0 spiro atoms. The van der Waals surface area contributed by atoms with E-state index < -0.39 is 0 Å². The van der Waals surface area contributed by atoms with Crippen molar-refractivity contribution in [3.63, 3.8) is 0 Å². The molecule has 0 aliphatic heterocycles. The number of allylic oxidation sites excluding steroid dienone is 6. The monoisotopic (exact) mass is 148 g/mol. The minimum Gasteiger partial charge on any atom is -0.0841 e. The van der Waals surface area contributed by atoms with Crippen LogP contribution in [-0.2, 0) is 0 Å². The lowest BCUT2D eigenvalue weighted by molar-refractivity contribution is 0.915. The quantitative estimate of drug-likeness (QED) is 0.561. The first kappa shape index (κ1) is 8.32. The second kappa shape index (κ2) is 4.17. The van der Waals surface area contributed by atoms with Gasteiger partial charge in [0.05, 0.1) is 0 Å². The molecule has 0 nitrogen and oxygen atoms in total. The summed E-state index contributed by atoms with van der Waals surface area (Å²) in [5, 5.41) is 0. The Hall–Kier alpha value is -0.780. The van der Waals surface area contributed by atoms with Crippen LogP contribution in [-0.4, -0.2) is 0 Å². The molecule has 0 radical (unpaired) electrons. The molecule has 1 aliphatic rings. The molecular weight excluding hydrogens is 132 g/mol. The Morgan fingerprint density at radius 2 is 2.27 bits per heavy atom. The highest BCUT2D eigenvalue weighted by molar-refractivity contribution is 5.34. The van der Waals surface area contributed by atoms with Gasteiger partial charge in [-0.25, -0.2) is 0 Å². The maximum Gasteiger partial charge on any atom is -0.00949 e. The minimum atomic E-state index is 1.13. The molecule has 1 aliphatic carbocycles. The van der Waals surface area contributed by atoms with Crippen molar-refractivity contribution in [1.82, 2.24) is 0 Å². The molecular formula is C11H16. The van der Waals surface area contributed by atoms with Crippen molar-refractivity contribution in [1.29, 1.82) is 0 Å². The van der Waals surface area contributed by atoms with Gasteiger partial charge in [-0.3, -0.25) is 0 Å². The van der Waals surface area contributed by atoms with Crippen LogP contribution in [0.1, 0.15) is 33.1 Å². The third kappa shape index (κ3) is 2.38. The van der Waals surface area contributed by atoms with Crippen molar-refractivity contribution < 1.29 is 0 Å². The van der Waals surface area contributed by atoms with E-state index in [-0.39, 0.29) is 0 Å². The Kier molecular flexibility index (Phi) is 3.15. The van der Waals surface area contributed by atoms with E-state index in [0.717, 1.165) is 6.42 Å². The number of hydrogen-bond donors (Lipinski definition) is 0. The van der Waals surface area contributed by atoms with Gasteiger partial charge in [0, 0.05) is 0 Å². The first-order valence-electron chi connectivity index (χ1n) is 4.39. The second-order valence-electron chi connectivity index (χ2n) is 2.93. The van der Waals surface area contributed by atoms with Gasteiger partial charge < -0.3 is 0 Å². The van der Waals surface area contributed by atoms with Crippen molar-refractivity contribution in [2.75, 3.05) is 0 Å². The summed E-state index contributed by atoms with van der Waals surface area (Å²) in [6.45, 7) is 4.32. The summed E-state index contributed by atoms with van der Waals surface area (Å²) in [5.74, 6) is 0. The van der Waals surface area contributed by atoms with E-state index in [1.165, 1.54) is 24.0 Å². The Morgan fingerprint density at radius 3 is 2.73 bits per heavy atom. The molecule has 0 amide bonds. The third-order valence-electron chi connectivity index (χ3n) is 2.02. The van der Waals surface area contributed by atoms with Gasteiger partial charge in [0.1, 0.15) is 0 Å². The van der Waals surface area contributed by atoms with Crippen LogP contribution in [0.25, 0.3) is 0 Å². The Morgan fingerprint density at radius 1 is 1.45 bits per heavy atom. The maximum absolute atomic E-state index is 2.33. The zero-order valence-corrected chi connectivity index (χ0v) is 7.43. The average molecular weight is 148 g/mol. The smallest absolute Gasteiger partial charge is 0.00949 e. The summed E-state index contributed by atoms with van der Waals surface area (Å²) in [6, 6.07) is 0. The molecule has 0 heterocycles. The molecule has 1 rings (SSSR count). The molecule has 0 aromatic heterocycles. The van der Waals surface area contributed by atoms with Crippen molar-refractivity contribution in [3.05, 3.63) is 35.5 Å². The standard InChI is InChI=1S/C11H16/c1-3-5-11-8-6-10(4-2)7-9-11/h4,6,8-9H,3,5,7H2,1-2H3. The number of rotatable bonds is 2. The Labute approximate surface area is 69.3 Å². The van der Waals surface area contributed by atoms with E-state index in [9.17, 15) is 0 Å². The van der Waals surface area contributed by atoms with Crippen LogP contribution in [0.3, 0.4) is 0 Å². The SMILES string of the molecule is CC=C1C=CC(CCC)=CC1. The van der Waals surface area contributed by atoms with Crippen LogP contribution < -0.4 is 0 Å². The highest BCUT2D eigenvalue weighted by Crippen LogP contribution is 2.18. The second-order valence-corrected chi connectivity index (χ2v) is 2.93. The normalized spacial score (nSPS) is 20.5. The van der Waals surface area contributed by atoms with Crippen LogP contribution in [0.2, 0.25) is 0 Å². The predicted octanol–water partition coefficient (Wildman–Crippen LogP) is 3.62. The average Bonchev–Trinajstić information content (AvgIpc) is 2.07. The van der Waals surface area contributed by atoms with Gasteiger partial charge in [0.25, 0.3) is 0 Å². The maximum atomic E-state index is 2.33. The number of hydrogen-bond acceptors (Lipinski definition) is 0. The van der Waals surface area contributed by atoms with Crippen molar-refractivity contribution in [2.24, 2.45) is 0 Å². The summed E-state index contributed by atoms with van der Waals surface area (Å²) in [5.41, 5.74) is 2.93. The molecule has 0 aromatic rings. The molecule has 0 aromatic carbocycles. The van der Waals surface area contributed by atoms with Gasteiger partial charge in [0.15, 0.2) is 0 Å². The van der Waals surface area contributed by atoms with E-state index in [1.807, 2.05) is 0 Å². The van der Waals surface area contributed by atoms with Gasteiger partial charge in [-0.1, -0.05) is 43.2 Å². The summed E-state index contributed by atoms with van der Waals surface area (Å²) in [6.07, 6.45) is 12.6. The Balaban J connectivity index is 2.53. The fourth-order valence-electron chi connectivity index (χ4n) is 1.29. The highest BCUT2D eigenvalue weighted by Gasteiger charge is 1.98. The fraction of sp³-hybridized carbons (Fsp3) is 0.455. The van der Waals surface area contributed by atoms with Gasteiger partial charge in [-0.05, 0) is 25.3 Å².